The Morgan fingerprint density at radius 2 is 0.803 bits per heavy atom. The van der Waals surface area contributed by atoms with Crippen LogP contribution in [0.2, 0.25) is 0 Å². The second kappa shape index (κ2) is 21.5. The van der Waals surface area contributed by atoms with Gasteiger partial charge in [-0.25, -0.2) is 0 Å². The molecule has 2 aromatic heterocycles. The summed E-state index contributed by atoms with van der Waals surface area (Å²) in [5, 5.41) is 28.7. The van der Waals surface area contributed by atoms with Crippen molar-refractivity contribution in [1.82, 2.24) is 14.0 Å². The number of para-hydroxylation sites is 4. The Balaban J connectivity index is 0.000000369. The fourth-order valence-electron chi connectivity index (χ4n) is 8.68. The monoisotopic (exact) mass is 903 g/mol. The first-order chi connectivity index (χ1) is 31.6. The Hall–Kier alpha value is -6.67. The van der Waals surface area contributed by atoms with Gasteiger partial charge in [-0.3, -0.25) is 4.90 Å². The van der Waals surface area contributed by atoms with E-state index in [1.54, 1.807) is 0 Å². The SMILES string of the molecule is Cc1cc(CN(CCOC(C)C)Cc2cc(C)cc(-n3c4ccccc4c4ccccc43)c2O)c(O)c(-n2c3ccccc3c3ccccc32)c1.[CH2-]c1ccccc1.[CH2-]c1ccccc1.[Ti+3]. The van der Waals surface area contributed by atoms with Crippen molar-refractivity contribution in [1.29, 1.82) is 0 Å². The number of fused-ring (bicyclic) bond motifs is 6. The van der Waals surface area contributed by atoms with Gasteiger partial charge in [0.25, 0.3) is 0 Å². The molecule has 0 aliphatic heterocycles. The summed E-state index contributed by atoms with van der Waals surface area (Å²) in [6.45, 7) is 17.8. The molecule has 0 bridgehead atoms. The van der Waals surface area contributed by atoms with Gasteiger partial charge >= 0.3 is 21.7 Å². The van der Waals surface area contributed by atoms with Gasteiger partial charge in [-0.2, -0.15) is 49.2 Å². The fourth-order valence-corrected chi connectivity index (χ4v) is 8.68. The van der Waals surface area contributed by atoms with Gasteiger partial charge in [-0.05, 0) is 75.2 Å². The summed E-state index contributed by atoms with van der Waals surface area (Å²) in [6, 6.07) is 61.5. The van der Waals surface area contributed by atoms with E-state index in [1.165, 1.54) is 0 Å². The predicted molar refractivity (Wildman–Crippen MR) is 271 cm³/mol. The number of hydrogen-bond acceptors (Lipinski definition) is 4. The molecule has 2 N–H and O–H groups in total. The van der Waals surface area contributed by atoms with Crippen molar-refractivity contribution in [2.45, 2.75) is 46.9 Å². The molecule has 0 saturated heterocycles. The second-order valence-electron chi connectivity index (χ2n) is 16.9. The van der Waals surface area contributed by atoms with Crippen molar-refractivity contribution in [2.75, 3.05) is 13.2 Å². The molecular formula is C59H57N3O3Ti+. The molecule has 66 heavy (non-hydrogen) atoms. The number of phenolic OH excluding ortho intramolecular Hbond substituents is 2. The summed E-state index contributed by atoms with van der Waals surface area (Å²) in [5.41, 5.74) is 11.6. The molecule has 0 fully saturated rings. The first-order valence-corrected chi connectivity index (χ1v) is 22.3. The molecule has 0 aliphatic rings. The van der Waals surface area contributed by atoms with Crippen LogP contribution in [0.3, 0.4) is 0 Å². The zero-order valence-electron chi connectivity index (χ0n) is 38.3. The molecule has 0 aliphatic carbocycles. The van der Waals surface area contributed by atoms with Crippen molar-refractivity contribution >= 4 is 43.6 Å². The molecule has 2 heterocycles. The Kier molecular flexibility index (Phi) is 15.4. The molecule has 8 aromatic carbocycles. The summed E-state index contributed by atoms with van der Waals surface area (Å²) >= 11 is 0. The Morgan fingerprint density at radius 1 is 0.485 bits per heavy atom. The first kappa shape index (κ1) is 47.3. The molecule has 10 rings (SSSR count). The molecule has 0 unspecified atom stereocenters. The van der Waals surface area contributed by atoms with Crippen LogP contribution in [0.4, 0.5) is 0 Å². The van der Waals surface area contributed by atoms with Gasteiger partial charge in [0.1, 0.15) is 11.5 Å². The van der Waals surface area contributed by atoms with Gasteiger partial charge in [0.05, 0.1) is 46.2 Å². The van der Waals surface area contributed by atoms with Gasteiger partial charge in [-0.1, -0.05) is 97.1 Å². The number of benzene rings is 8. The molecule has 6 nitrogen and oxygen atoms in total. The Morgan fingerprint density at radius 3 is 1.11 bits per heavy atom. The summed E-state index contributed by atoms with van der Waals surface area (Å²) in [4.78, 5) is 2.26. The third-order valence-electron chi connectivity index (χ3n) is 11.6. The molecule has 1 radical (unpaired) electrons. The molecule has 0 saturated carbocycles. The van der Waals surface area contributed by atoms with Gasteiger partial charge in [-0.15, -0.1) is 24.3 Å². The minimum Gasteiger partial charge on any atom is -0.505 e. The third kappa shape index (κ3) is 10.5. The van der Waals surface area contributed by atoms with Crippen molar-refractivity contribution in [3.05, 3.63) is 229 Å². The zero-order chi connectivity index (χ0) is 45.5. The van der Waals surface area contributed by atoms with Crippen LogP contribution in [0.15, 0.2) is 182 Å². The summed E-state index contributed by atoms with van der Waals surface area (Å²) in [6.07, 6.45) is 0.0930. The molecule has 0 spiro atoms. The Labute approximate surface area is 404 Å². The smallest absolute Gasteiger partial charge is 0.505 e. The minimum absolute atomic E-state index is 0. The second-order valence-corrected chi connectivity index (χ2v) is 16.9. The number of nitrogens with zero attached hydrogens (tertiary/aromatic N) is 3. The van der Waals surface area contributed by atoms with Gasteiger partial charge in [0, 0.05) is 52.3 Å². The maximum absolute atomic E-state index is 12.1. The van der Waals surface area contributed by atoms with Crippen molar-refractivity contribution in [3.8, 4) is 22.9 Å². The summed E-state index contributed by atoms with van der Waals surface area (Å²) < 4.78 is 10.4. The van der Waals surface area contributed by atoms with Gasteiger partial charge < -0.3 is 24.1 Å². The van der Waals surface area contributed by atoms with Crippen LogP contribution in [-0.2, 0) is 39.5 Å². The van der Waals surface area contributed by atoms with E-state index in [9.17, 15) is 10.2 Å². The van der Waals surface area contributed by atoms with Crippen molar-refractivity contribution in [3.63, 3.8) is 0 Å². The number of aromatic nitrogens is 2. The van der Waals surface area contributed by atoms with Gasteiger partial charge in [0.2, 0.25) is 0 Å². The number of ether oxygens (including phenoxy) is 1. The molecule has 0 amide bonds. The number of rotatable bonds is 10. The molecule has 329 valence electrons. The van der Waals surface area contributed by atoms with E-state index in [4.69, 9.17) is 4.74 Å². The summed E-state index contributed by atoms with van der Waals surface area (Å²) in [7, 11) is 0. The molecular weight excluding hydrogens is 847 g/mol. The molecule has 10 aromatic rings. The van der Waals surface area contributed by atoms with E-state index in [1.807, 2.05) is 98.8 Å². The van der Waals surface area contributed by atoms with Crippen LogP contribution >= 0.6 is 0 Å². The average Bonchev–Trinajstić information content (AvgIpc) is 3.82. The third-order valence-corrected chi connectivity index (χ3v) is 11.6. The van der Waals surface area contributed by atoms with Crippen molar-refractivity contribution < 1.29 is 36.7 Å². The molecule has 0 atom stereocenters. The predicted octanol–water partition coefficient (Wildman–Crippen LogP) is 14.1. The number of aromatic hydroxyl groups is 2. The van der Waals surface area contributed by atoms with Gasteiger partial charge in [0.15, 0.2) is 0 Å². The standard InChI is InChI=1S/C45H43N3O3.2C7H7.Ti/c1-29(2)51-22-21-46(27-32-23-30(3)25-42(44(32)49)47-38-17-9-5-13-34(38)35-14-6-10-18-39(35)47)28-33-24-31(4)26-43(45(33)50)48-40-19-11-7-15-36(40)37-16-8-12-20-41(37)48;2*1-7-5-3-2-4-6-7;/h5-20,23-26,29,49-50H,21-22,27-28H2,1-4H3;2*2-6H,1H2;/q;2*-1;+3. The van der Waals surface area contributed by atoms with E-state index in [2.05, 4.69) is 139 Å². The largest absolute Gasteiger partial charge is 3.00 e. The van der Waals surface area contributed by atoms with E-state index < -0.39 is 0 Å². The zero-order valence-corrected chi connectivity index (χ0v) is 39.8. The van der Waals surface area contributed by atoms with E-state index in [-0.39, 0.29) is 39.3 Å². The van der Waals surface area contributed by atoms with Crippen molar-refractivity contribution in [2.24, 2.45) is 0 Å². The van der Waals surface area contributed by atoms with Crippen LogP contribution in [0.5, 0.6) is 11.5 Å². The topological polar surface area (TPSA) is 62.8 Å². The Bertz CT molecular complexity index is 2880. The van der Waals surface area contributed by atoms with E-state index >= 15 is 0 Å². The fraction of sp³-hybridized carbons (Fsp3) is 0.153. The number of hydrogen-bond donors (Lipinski definition) is 2. The minimum atomic E-state index is 0. The van der Waals surface area contributed by atoms with E-state index in [0.29, 0.717) is 26.2 Å². The van der Waals surface area contributed by atoms with E-state index in [0.717, 1.165) is 88.4 Å². The van der Waals surface area contributed by atoms with Crippen LogP contribution in [-0.4, -0.2) is 43.5 Å². The average molecular weight is 904 g/mol. The van der Waals surface area contributed by atoms with Crippen LogP contribution in [0.1, 0.15) is 47.2 Å². The normalized spacial score (nSPS) is 11.1. The maximum atomic E-state index is 12.1. The van der Waals surface area contributed by atoms with Crippen LogP contribution in [0, 0.1) is 27.7 Å². The summed E-state index contributed by atoms with van der Waals surface area (Å²) in [5.74, 6) is 0.502. The number of phenols is 2. The van der Waals surface area contributed by atoms with Crippen LogP contribution in [0.25, 0.3) is 55.0 Å². The number of aryl methyl sites for hydroxylation is 2. The van der Waals surface area contributed by atoms with Crippen LogP contribution < -0.4 is 0 Å². The quantitative estimate of drug-likeness (QED) is 0.106. The first-order valence-electron chi connectivity index (χ1n) is 22.3. The molecule has 7 heteroatoms. The maximum Gasteiger partial charge on any atom is 3.00 e.